The molecule has 0 saturated carbocycles. The molecule has 0 unspecified atom stereocenters. The fraction of sp³-hybridized carbons (Fsp3) is 0.538. The summed E-state index contributed by atoms with van der Waals surface area (Å²) in [5.74, 6) is 1.37. The highest BCUT2D eigenvalue weighted by Crippen LogP contribution is 2.46. The molecular weight excluding hydrogens is 392 g/mol. The topological polar surface area (TPSA) is 15.7 Å². The summed E-state index contributed by atoms with van der Waals surface area (Å²) >= 11 is 6.60. The number of halogens is 1. The van der Waals surface area contributed by atoms with Gasteiger partial charge in [-0.05, 0) is 86.6 Å². The maximum absolute atomic E-state index is 6.60. The minimum absolute atomic E-state index is 0.344. The lowest BCUT2D eigenvalue weighted by molar-refractivity contribution is 0.204. The maximum Gasteiger partial charge on any atom is 0.119 e. The Balaban J connectivity index is 1.31. The molecule has 2 atom stereocenters. The third-order valence-corrected chi connectivity index (χ3v) is 7.53. The van der Waals surface area contributed by atoms with Crippen LogP contribution in [0, 0.1) is 0 Å². The van der Waals surface area contributed by atoms with Gasteiger partial charge < -0.3 is 9.64 Å². The average Bonchev–Trinajstić information content (AvgIpc) is 3.26. The molecule has 2 saturated heterocycles. The largest absolute Gasteiger partial charge is 0.494 e. The molecule has 4 heteroatoms. The van der Waals surface area contributed by atoms with Crippen molar-refractivity contribution in [1.29, 1.82) is 0 Å². The first-order valence-electron chi connectivity index (χ1n) is 11.8. The number of benzene rings is 2. The second-order valence-electron chi connectivity index (χ2n) is 9.12. The molecule has 0 N–H and O–H groups in total. The van der Waals surface area contributed by atoms with E-state index >= 15 is 0 Å². The number of likely N-dealkylation sites (tertiary alicyclic amines) is 1. The Hall–Kier alpha value is -1.55. The molecule has 0 aromatic heterocycles. The highest BCUT2D eigenvalue weighted by atomic mass is 35.5. The van der Waals surface area contributed by atoms with Crippen LogP contribution in [0.1, 0.15) is 67.2 Å². The molecule has 0 bridgehead atoms. The summed E-state index contributed by atoms with van der Waals surface area (Å²) in [7, 11) is 0. The van der Waals surface area contributed by atoms with Crippen LogP contribution < -0.4 is 4.74 Å². The summed E-state index contributed by atoms with van der Waals surface area (Å²) < 4.78 is 6.21. The van der Waals surface area contributed by atoms with Gasteiger partial charge in [0.05, 0.1) is 6.61 Å². The molecule has 3 nitrogen and oxygen atoms in total. The van der Waals surface area contributed by atoms with Crippen LogP contribution in [0.15, 0.2) is 42.5 Å². The second-order valence-corrected chi connectivity index (χ2v) is 9.53. The van der Waals surface area contributed by atoms with E-state index in [4.69, 9.17) is 16.3 Å². The molecule has 0 spiro atoms. The molecule has 30 heavy (non-hydrogen) atoms. The van der Waals surface area contributed by atoms with Crippen LogP contribution in [-0.2, 0) is 0 Å². The van der Waals surface area contributed by atoms with E-state index < -0.39 is 0 Å². The van der Waals surface area contributed by atoms with Gasteiger partial charge in [0, 0.05) is 30.1 Å². The Morgan fingerprint density at radius 1 is 0.900 bits per heavy atom. The van der Waals surface area contributed by atoms with Gasteiger partial charge in [0.1, 0.15) is 5.75 Å². The lowest BCUT2D eigenvalue weighted by Gasteiger charge is -2.38. The summed E-state index contributed by atoms with van der Waals surface area (Å²) in [6, 6.07) is 15.7. The maximum atomic E-state index is 6.60. The fourth-order valence-corrected chi connectivity index (χ4v) is 5.93. The minimum atomic E-state index is 0.344. The van der Waals surface area contributed by atoms with Gasteiger partial charge in [-0.2, -0.15) is 0 Å². The molecule has 0 radical (unpaired) electrons. The number of nitrogens with zero attached hydrogens (tertiary/aromatic N) is 2. The van der Waals surface area contributed by atoms with Gasteiger partial charge in [-0.15, -0.1) is 0 Å². The van der Waals surface area contributed by atoms with Crippen LogP contribution in [-0.4, -0.2) is 49.1 Å². The summed E-state index contributed by atoms with van der Waals surface area (Å²) in [6.07, 6.45) is 7.75. The molecule has 3 aliphatic heterocycles. The molecule has 3 heterocycles. The van der Waals surface area contributed by atoms with Crippen LogP contribution in [0.3, 0.4) is 0 Å². The van der Waals surface area contributed by atoms with Crippen molar-refractivity contribution in [2.75, 3.05) is 39.3 Å². The molecule has 0 amide bonds. The van der Waals surface area contributed by atoms with Crippen molar-refractivity contribution < 1.29 is 4.74 Å². The van der Waals surface area contributed by atoms with Gasteiger partial charge >= 0.3 is 0 Å². The SMILES string of the molecule is Clc1ccccc1[C@@H]1CN2CCC[C@@H]2c2cc(OCCCN3CCCCC3)ccc21. The number of fused-ring (bicyclic) bond motifs is 3. The van der Waals surface area contributed by atoms with Crippen molar-refractivity contribution in [3.8, 4) is 5.75 Å². The highest BCUT2D eigenvalue weighted by Gasteiger charge is 2.37. The van der Waals surface area contributed by atoms with Crippen LogP contribution in [0.25, 0.3) is 0 Å². The van der Waals surface area contributed by atoms with Gasteiger partial charge in [-0.1, -0.05) is 42.3 Å². The first kappa shape index (κ1) is 20.4. The Morgan fingerprint density at radius 3 is 2.63 bits per heavy atom. The molecule has 160 valence electrons. The van der Waals surface area contributed by atoms with Crippen molar-refractivity contribution in [3.05, 3.63) is 64.2 Å². The zero-order chi connectivity index (χ0) is 20.3. The third kappa shape index (κ3) is 4.26. The van der Waals surface area contributed by atoms with E-state index in [1.807, 2.05) is 12.1 Å². The highest BCUT2D eigenvalue weighted by molar-refractivity contribution is 6.31. The van der Waals surface area contributed by atoms with Crippen LogP contribution in [0.2, 0.25) is 5.02 Å². The second kappa shape index (κ2) is 9.30. The van der Waals surface area contributed by atoms with E-state index in [9.17, 15) is 0 Å². The van der Waals surface area contributed by atoms with Crippen molar-refractivity contribution >= 4 is 11.6 Å². The molecular formula is C26H33ClN2O. The van der Waals surface area contributed by atoms with Crippen LogP contribution >= 0.6 is 11.6 Å². The van der Waals surface area contributed by atoms with E-state index in [1.165, 1.54) is 68.4 Å². The average molecular weight is 425 g/mol. The van der Waals surface area contributed by atoms with E-state index in [0.717, 1.165) is 36.9 Å². The first-order chi connectivity index (χ1) is 14.8. The van der Waals surface area contributed by atoms with E-state index in [-0.39, 0.29) is 0 Å². The zero-order valence-electron chi connectivity index (χ0n) is 17.9. The lowest BCUT2D eigenvalue weighted by atomic mass is 9.81. The number of ether oxygens (including phenoxy) is 1. The summed E-state index contributed by atoms with van der Waals surface area (Å²) in [4.78, 5) is 5.24. The Labute approximate surface area is 186 Å². The van der Waals surface area contributed by atoms with Crippen LogP contribution in [0.4, 0.5) is 0 Å². The molecule has 0 aliphatic carbocycles. The van der Waals surface area contributed by atoms with Crippen molar-refractivity contribution in [2.45, 2.75) is 50.5 Å². The molecule has 5 rings (SSSR count). The molecule has 2 fully saturated rings. The summed E-state index contributed by atoms with van der Waals surface area (Å²) in [5, 5.41) is 0.879. The molecule has 2 aromatic rings. The minimum Gasteiger partial charge on any atom is -0.494 e. The van der Waals surface area contributed by atoms with E-state index in [2.05, 4.69) is 40.1 Å². The Bertz CT molecular complexity index is 864. The Kier molecular flexibility index (Phi) is 6.31. The first-order valence-corrected chi connectivity index (χ1v) is 12.1. The summed E-state index contributed by atoms with van der Waals surface area (Å²) in [5.41, 5.74) is 4.14. The van der Waals surface area contributed by atoms with Gasteiger partial charge in [0.25, 0.3) is 0 Å². The summed E-state index contributed by atoms with van der Waals surface area (Å²) in [6.45, 7) is 6.75. The lowest BCUT2D eigenvalue weighted by Crippen LogP contribution is -2.34. The number of piperidine rings is 1. The fourth-order valence-electron chi connectivity index (χ4n) is 5.66. The standard InChI is InChI=1S/C26H33ClN2O/c27-25-9-3-2-8-22(25)24-19-29-16-6-10-26(29)23-18-20(11-12-21(23)24)30-17-7-15-28-13-4-1-5-14-28/h2-3,8-9,11-12,18,24,26H,1,4-7,10,13-17,19H2/t24-,26-/m1/s1. The predicted octanol–water partition coefficient (Wildman–Crippen LogP) is 5.88. The quantitative estimate of drug-likeness (QED) is 0.538. The molecule has 3 aliphatic rings. The normalized spacial score (nSPS) is 24.4. The van der Waals surface area contributed by atoms with Gasteiger partial charge in [-0.25, -0.2) is 0 Å². The van der Waals surface area contributed by atoms with Crippen molar-refractivity contribution in [2.24, 2.45) is 0 Å². The van der Waals surface area contributed by atoms with Crippen LogP contribution in [0.5, 0.6) is 5.75 Å². The van der Waals surface area contributed by atoms with E-state index in [0.29, 0.717) is 12.0 Å². The van der Waals surface area contributed by atoms with Gasteiger partial charge in [-0.3, -0.25) is 4.90 Å². The molecule has 2 aromatic carbocycles. The van der Waals surface area contributed by atoms with Crippen molar-refractivity contribution in [3.63, 3.8) is 0 Å². The monoisotopic (exact) mass is 424 g/mol. The number of hydrogen-bond acceptors (Lipinski definition) is 3. The van der Waals surface area contributed by atoms with Gasteiger partial charge in [0.2, 0.25) is 0 Å². The Morgan fingerprint density at radius 2 is 1.77 bits per heavy atom. The third-order valence-electron chi connectivity index (χ3n) is 7.19. The van der Waals surface area contributed by atoms with Gasteiger partial charge in [0.15, 0.2) is 0 Å². The number of rotatable bonds is 6. The predicted molar refractivity (Wildman–Crippen MR) is 124 cm³/mol. The zero-order valence-corrected chi connectivity index (χ0v) is 18.6. The number of hydrogen-bond donors (Lipinski definition) is 0. The van der Waals surface area contributed by atoms with Crippen molar-refractivity contribution in [1.82, 2.24) is 9.80 Å². The smallest absolute Gasteiger partial charge is 0.119 e. The van der Waals surface area contributed by atoms with E-state index in [1.54, 1.807) is 0 Å².